The van der Waals surface area contributed by atoms with Gasteiger partial charge in [0.05, 0.1) is 11.4 Å². The van der Waals surface area contributed by atoms with Gasteiger partial charge < -0.3 is 5.32 Å². The topological polar surface area (TPSA) is 24.9 Å². The number of hydrogen-bond donors (Lipinski definition) is 1. The SMILES string of the molecule is Bc1ccc2c(n1)C(C)(C)CN2. The molecule has 12 heavy (non-hydrogen) atoms. The standard InChI is InChI=1S/C9H13BN2/c1-9(2)5-11-6-3-4-7(10)12-8(6)9/h3-4,11H,5,10H2,1-2H3. The molecule has 0 unspecified atom stereocenters. The van der Waals surface area contributed by atoms with Crippen molar-refractivity contribution >= 4 is 19.1 Å². The average Bonchev–Trinajstić information content (AvgIpc) is 2.28. The number of hydrogen-bond acceptors (Lipinski definition) is 2. The molecule has 0 saturated carbocycles. The van der Waals surface area contributed by atoms with Gasteiger partial charge >= 0.3 is 0 Å². The summed E-state index contributed by atoms with van der Waals surface area (Å²) in [7, 11) is 2.04. The van der Waals surface area contributed by atoms with Crippen LogP contribution in [0.5, 0.6) is 0 Å². The van der Waals surface area contributed by atoms with Gasteiger partial charge in [0.1, 0.15) is 0 Å². The summed E-state index contributed by atoms with van der Waals surface area (Å²) in [6, 6.07) is 4.17. The molecular weight excluding hydrogens is 147 g/mol. The molecule has 62 valence electrons. The summed E-state index contributed by atoms with van der Waals surface area (Å²) in [4.78, 5) is 4.54. The third-order valence-corrected chi connectivity index (χ3v) is 2.40. The van der Waals surface area contributed by atoms with Crippen molar-refractivity contribution in [3.8, 4) is 0 Å². The maximum atomic E-state index is 4.54. The van der Waals surface area contributed by atoms with Gasteiger partial charge in [-0.3, -0.25) is 4.98 Å². The fraction of sp³-hybridized carbons (Fsp3) is 0.444. The van der Waals surface area contributed by atoms with Gasteiger partial charge in [-0.25, -0.2) is 0 Å². The first kappa shape index (κ1) is 7.65. The van der Waals surface area contributed by atoms with E-state index in [1.54, 1.807) is 0 Å². The third kappa shape index (κ3) is 1.00. The van der Waals surface area contributed by atoms with Crippen molar-refractivity contribution in [1.82, 2.24) is 4.98 Å². The van der Waals surface area contributed by atoms with Crippen LogP contribution in [0, 0.1) is 0 Å². The van der Waals surface area contributed by atoms with E-state index in [4.69, 9.17) is 0 Å². The Kier molecular flexibility index (Phi) is 1.44. The van der Waals surface area contributed by atoms with Crippen LogP contribution in [0.4, 0.5) is 5.69 Å². The minimum Gasteiger partial charge on any atom is -0.383 e. The Labute approximate surface area is 73.8 Å². The highest BCUT2D eigenvalue weighted by Crippen LogP contribution is 2.33. The lowest BCUT2D eigenvalue weighted by Crippen LogP contribution is -2.22. The number of rotatable bonds is 0. The number of anilines is 1. The van der Waals surface area contributed by atoms with Gasteiger partial charge in [0.2, 0.25) is 0 Å². The molecule has 2 nitrogen and oxygen atoms in total. The van der Waals surface area contributed by atoms with Crippen molar-refractivity contribution in [3.05, 3.63) is 17.8 Å². The second-order valence-electron chi connectivity index (χ2n) is 4.09. The van der Waals surface area contributed by atoms with Crippen molar-refractivity contribution in [3.63, 3.8) is 0 Å². The number of nitrogens with zero attached hydrogens (tertiary/aromatic N) is 1. The molecule has 1 aliphatic heterocycles. The van der Waals surface area contributed by atoms with Gasteiger partial charge in [0, 0.05) is 12.0 Å². The monoisotopic (exact) mass is 160 g/mol. The molecule has 0 bridgehead atoms. The van der Waals surface area contributed by atoms with E-state index in [0.29, 0.717) is 0 Å². The molecular formula is C9H13BN2. The van der Waals surface area contributed by atoms with Crippen LogP contribution in [0.1, 0.15) is 19.5 Å². The first-order valence-corrected chi connectivity index (χ1v) is 4.32. The van der Waals surface area contributed by atoms with E-state index in [0.717, 1.165) is 12.1 Å². The van der Waals surface area contributed by atoms with Gasteiger partial charge in [-0.05, 0) is 17.7 Å². The lowest BCUT2D eigenvalue weighted by molar-refractivity contribution is 0.570. The molecule has 3 heteroatoms. The molecule has 0 aromatic carbocycles. The van der Waals surface area contributed by atoms with Crippen molar-refractivity contribution in [2.45, 2.75) is 19.3 Å². The molecule has 1 aliphatic rings. The zero-order chi connectivity index (χ0) is 8.77. The van der Waals surface area contributed by atoms with Crippen molar-refractivity contribution in [1.29, 1.82) is 0 Å². The van der Waals surface area contributed by atoms with Crippen molar-refractivity contribution < 1.29 is 0 Å². The lowest BCUT2D eigenvalue weighted by atomic mass is 9.90. The van der Waals surface area contributed by atoms with E-state index >= 15 is 0 Å². The fourth-order valence-corrected chi connectivity index (χ4v) is 1.62. The Balaban J connectivity index is 2.57. The Morgan fingerprint density at radius 3 is 3.00 bits per heavy atom. The molecule has 0 amide bonds. The highest BCUT2D eigenvalue weighted by atomic mass is 15.0. The van der Waals surface area contributed by atoms with Crippen LogP contribution in [0.25, 0.3) is 0 Å². The second kappa shape index (κ2) is 2.25. The number of pyridine rings is 1. The predicted molar refractivity (Wildman–Crippen MR) is 53.9 cm³/mol. The van der Waals surface area contributed by atoms with E-state index in [1.807, 2.05) is 13.9 Å². The molecule has 0 radical (unpaired) electrons. The van der Waals surface area contributed by atoms with E-state index in [1.165, 1.54) is 11.4 Å². The molecule has 2 heterocycles. The predicted octanol–water partition coefficient (Wildman–Crippen LogP) is 0.0431. The quantitative estimate of drug-likeness (QED) is 0.542. The highest BCUT2D eigenvalue weighted by Gasteiger charge is 2.30. The highest BCUT2D eigenvalue weighted by molar-refractivity contribution is 6.30. The van der Waals surface area contributed by atoms with E-state index in [-0.39, 0.29) is 5.41 Å². The van der Waals surface area contributed by atoms with Crippen LogP contribution in [-0.4, -0.2) is 19.4 Å². The van der Waals surface area contributed by atoms with Crippen LogP contribution < -0.4 is 10.9 Å². The normalized spacial score (nSPS) is 18.5. The molecule has 0 aliphatic carbocycles. The molecule has 1 N–H and O–H groups in total. The minimum absolute atomic E-state index is 0.196. The maximum Gasteiger partial charge on any atom is 0.163 e. The van der Waals surface area contributed by atoms with Gasteiger partial charge in [-0.2, -0.15) is 0 Å². The van der Waals surface area contributed by atoms with Crippen molar-refractivity contribution in [2.75, 3.05) is 11.9 Å². The van der Waals surface area contributed by atoms with E-state index < -0.39 is 0 Å². The van der Waals surface area contributed by atoms with Crippen LogP contribution in [0.15, 0.2) is 12.1 Å². The smallest absolute Gasteiger partial charge is 0.163 e. The summed E-state index contributed by atoms with van der Waals surface area (Å²) in [6.45, 7) is 5.44. The molecule has 0 saturated heterocycles. The lowest BCUT2D eigenvalue weighted by Gasteiger charge is -2.15. The number of nitrogens with one attached hydrogen (secondary N) is 1. The molecule has 0 fully saturated rings. The summed E-state index contributed by atoms with van der Waals surface area (Å²) in [5.74, 6) is 0. The Morgan fingerprint density at radius 1 is 1.50 bits per heavy atom. The number of aromatic nitrogens is 1. The first-order valence-electron chi connectivity index (χ1n) is 4.32. The molecule has 1 aromatic heterocycles. The van der Waals surface area contributed by atoms with E-state index in [9.17, 15) is 0 Å². The van der Waals surface area contributed by atoms with Gasteiger partial charge in [-0.1, -0.05) is 13.8 Å². The Morgan fingerprint density at radius 2 is 2.25 bits per heavy atom. The Hall–Kier alpha value is -0.985. The van der Waals surface area contributed by atoms with Crippen LogP contribution >= 0.6 is 0 Å². The van der Waals surface area contributed by atoms with Crippen LogP contribution in [-0.2, 0) is 5.41 Å². The molecule has 2 rings (SSSR count). The summed E-state index contributed by atoms with van der Waals surface area (Å²) < 4.78 is 0. The van der Waals surface area contributed by atoms with Gasteiger partial charge in [-0.15, -0.1) is 0 Å². The third-order valence-electron chi connectivity index (χ3n) is 2.40. The second-order valence-corrected chi connectivity index (χ2v) is 4.09. The molecule has 0 atom stereocenters. The van der Waals surface area contributed by atoms with Crippen molar-refractivity contribution in [2.24, 2.45) is 0 Å². The zero-order valence-corrected chi connectivity index (χ0v) is 7.81. The summed E-state index contributed by atoms with van der Waals surface area (Å²) in [5, 5.41) is 3.36. The molecule has 1 aromatic rings. The summed E-state index contributed by atoms with van der Waals surface area (Å²) >= 11 is 0. The Bertz CT molecular complexity index is 320. The average molecular weight is 160 g/mol. The summed E-state index contributed by atoms with van der Waals surface area (Å²) in [6.07, 6.45) is 0. The number of fused-ring (bicyclic) bond motifs is 1. The summed E-state index contributed by atoms with van der Waals surface area (Å²) in [5.41, 5.74) is 3.71. The van der Waals surface area contributed by atoms with Crippen LogP contribution in [0.3, 0.4) is 0 Å². The fourth-order valence-electron chi connectivity index (χ4n) is 1.62. The largest absolute Gasteiger partial charge is 0.383 e. The van der Waals surface area contributed by atoms with E-state index in [2.05, 4.69) is 30.2 Å². The zero-order valence-electron chi connectivity index (χ0n) is 7.81. The maximum absolute atomic E-state index is 4.54. The molecule has 0 spiro atoms. The first-order chi connectivity index (χ1) is 5.59. The minimum atomic E-state index is 0.196. The van der Waals surface area contributed by atoms with Crippen LogP contribution in [0.2, 0.25) is 0 Å². The van der Waals surface area contributed by atoms with Gasteiger partial charge in [0.15, 0.2) is 7.85 Å². The van der Waals surface area contributed by atoms with Gasteiger partial charge in [0.25, 0.3) is 0 Å².